The van der Waals surface area contributed by atoms with Gasteiger partial charge in [-0.25, -0.2) is 18.1 Å². The average Bonchev–Trinajstić information content (AvgIpc) is 2.35. The Hall–Kier alpha value is -1.14. The molecule has 0 saturated carbocycles. The van der Waals surface area contributed by atoms with Crippen LogP contribution in [0, 0.1) is 5.92 Å². The highest BCUT2D eigenvalue weighted by molar-refractivity contribution is 7.89. The fraction of sp³-hybridized carbons (Fsp3) is 0.615. The molecule has 0 aromatic carbocycles. The van der Waals surface area contributed by atoms with Crippen molar-refractivity contribution in [2.45, 2.75) is 38.6 Å². The molecule has 0 amide bonds. The maximum atomic E-state index is 12.2. The molecule has 6 heteroatoms. The quantitative estimate of drug-likeness (QED) is 0.719. The van der Waals surface area contributed by atoms with Gasteiger partial charge in [0.05, 0.1) is 5.69 Å². The van der Waals surface area contributed by atoms with E-state index in [9.17, 15) is 8.42 Å². The van der Waals surface area contributed by atoms with Gasteiger partial charge in [-0.1, -0.05) is 13.8 Å². The molecule has 0 saturated heterocycles. The van der Waals surface area contributed by atoms with E-state index in [2.05, 4.69) is 28.9 Å². The minimum atomic E-state index is -3.53. The van der Waals surface area contributed by atoms with Crippen molar-refractivity contribution in [3.63, 3.8) is 0 Å². The highest BCUT2D eigenvalue weighted by Crippen LogP contribution is 2.17. The fourth-order valence-corrected chi connectivity index (χ4v) is 2.89. The van der Waals surface area contributed by atoms with Crippen molar-refractivity contribution in [3.05, 3.63) is 18.3 Å². The van der Waals surface area contributed by atoms with Gasteiger partial charge < -0.3 is 5.32 Å². The van der Waals surface area contributed by atoms with Crippen molar-refractivity contribution in [2.75, 3.05) is 18.4 Å². The third-order valence-electron chi connectivity index (χ3n) is 2.64. The molecule has 0 unspecified atom stereocenters. The monoisotopic (exact) mass is 285 g/mol. The standard InChI is InChI=1S/C13H23N3O2S/c1-4-14-12-8-6-9-15-13(12)19(17,18)16-10-5-7-11(2)3/h6,8-9,11,14,16H,4-5,7,10H2,1-3H3. The summed E-state index contributed by atoms with van der Waals surface area (Å²) in [5, 5.41) is 3.08. The van der Waals surface area contributed by atoms with Gasteiger partial charge in [0.1, 0.15) is 0 Å². The third kappa shape index (κ3) is 5.16. The first-order valence-electron chi connectivity index (χ1n) is 6.66. The summed E-state index contributed by atoms with van der Waals surface area (Å²) in [6, 6.07) is 3.44. The smallest absolute Gasteiger partial charge is 0.260 e. The molecular weight excluding hydrogens is 262 g/mol. The summed E-state index contributed by atoms with van der Waals surface area (Å²) in [4.78, 5) is 3.97. The lowest BCUT2D eigenvalue weighted by Gasteiger charge is -2.11. The summed E-state index contributed by atoms with van der Waals surface area (Å²) < 4.78 is 26.9. The van der Waals surface area contributed by atoms with Crippen molar-refractivity contribution < 1.29 is 8.42 Å². The summed E-state index contributed by atoms with van der Waals surface area (Å²) in [6.45, 7) is 7.26. The van der Waals surface area contributed by atoms with Crippen molar-refractivity contribution in [3.8, 4) is 0 Å². The van der Waals surface area contributed by atoms with Gasteiger partial charge in [-0.15, -0.1) is 0 Å². The molecule has 0 aliphatic carbocycles. The molecule has 5 nitrogen and oxygen atoms in total. The molecule has 1 heterocycles. The number of hydrogen-bond acceptors (Lipinski definition) is 4. The molecule has 1 rings (SSSR count). The van der Waals surface area contributed by atoms with Gasteiger partial charge in [-0.3, -0.25) is 0 Å². The van der Waals surface area contributed by atoms with E-state index >= 15 is 0 Å². The highest BCUT2D eigenvalue weighted by Gasteiger charge is 2.19. The molecule has 0 radical (unpaired) electrons. The van der Waals surface area contributed by atoms with E-state index in [1.807, 2.05) is 6.92 Å². The minimum absolute atomic E-state index is 0.0707. The molecule has 108 valence electrons. The zero-order valence-corrected chi connectivity index (χ0v) is 12.6. The number of hydrogen-bond donors (Lipinski definition) is 2. The number of nitrogens with one attached hydrogen (secondary N) is 2. The Morgan fingerprint density at radius 3 is 2.74 bits per heavy atom. The Bertz CT molecular complexity index is 486. The van der Waals surface area contributed by atoms with Crippen LogP contribution in [0.3, 0.4) is 0 Å². The van der Waals surface area contributed by atoms with Gasteiger partial charge in [-0.05, 0) is 37.8 Å². The molecule has 0 fully saturated rings. The first-order valence-corrected chi connectivity index (χ1v) is 8.14. The first-order chi connectivity index (χ1) is 8.97. The molecule has 1 aromatic heterocycles. The van der Waals surface area contributed by atoms with E-state index < -0.39 is 10.0 Å². The molecule has 1 aromatic rings. The molecule has 2 N–H and O–H groups in total. The molecule has 0 aliphatic heterocycles. The lowest BCUT2D eigenvalue weighted by atomic mass is 10.1. The van der Waals surface area contributed by atoms with Gasteiger partial charge in [0.15, 0.2) is 5.03 Å². The maximum absolute atomic E-state index is 12.2. The second-order valence-corrected chi connectivity index (χ2v) is 6.50. The van der Waals surface area contributed by atoms with E-state index in [-0.39, 0.29) is 5.03 Å². The van der Waals surface area contributed by atoms with Gasteiger partial charge in [0.2, 0.25) is 0 Å². The second-order valence-electron chi connectivity index (χ2n) is 4.82. The van der Waals surface area contributed by atoms with Crippen LogP contribution in [0.4, 0.5) is 5.69 Å². The summed E-state index contributed by atoms with van der Waals surface area (Å²) >= 11 is 0. The van der Waals surface area contributed by atoms with Crippen molar-refractivity contribution >= 4 is 15.7 Å². The second kappa shape index (κ2) is 7.45. The Labute approximate surface area is 115 Å². The number of anilines is 1. The van der Waals surface area contributed by atoms with Crippen LogP contribution in [-0.4, -0.2) is 26.5 Å². The van der Waals surface area contributed by atoms with Gasteiger partial charge in [0, 0.05) is 19.3 Å². The van der Waals surface area contributed by atoms with Crippen LogP contribution in [0.25, 0.3) is 0 Å². The van der Waals surface area contributed by atoms with Crippen molar-refractivity contribution in [2.24, 2.45) is 5.92 Å². The fourth-order valence-electron chi connectivity index (χ4n) is 1.72. The van der Waals surface area contributed by atoms with Gasteiger partial charge >= 0.3 is 0 Å². The molecule has 0 aliphatic rings. The Balaban J connectivity index is 2.71. The Morgan fingerprint density at radius 2 is 2.11 bits per heavy atom. The van der Waals surface area contributed by atoms with Crippen molar-refractivity contribution in [1.29, 1.82) is 0 Å². The van der Waals surface area contributed by atoms with Gasteiger partial charge in [-0.2, -0.15) is 0 Å². The molecular formula is C13H23N3O2S. The zero-order chi connectivity index (χ0) is 14.3. The topological polar surface area (TPSA) is 71.1 Å². The molecule has 19 heavy (non-hydrogen) atoms. The van der Waals surface area contributed by atoms with Crippen LogP contribution in [0.15, 0.2) is 23.4 Å². The molecule has 0 spiro atoms. The average molecular weight is 285 g/mol. The number of nitrogens with zero attached hydrogens (tertiary/aromatic N) is 1. The maximum Gasteiger partial charge on any atom is 0.260 e. The summed E-state index contributed by atoms with van der Waals surface area (Å²) in [5.41, 5.74) is 0.543. The van der Waals surface area contributed by atoms with Crippen LogP contribution < -0.4 is 10.0 Å². The van der Waals surface area contributed by atoms with Crippen LogP contribution in [0.5, 0.6) is 0 Å². The van der Waals surface area contributed by atoms with Gasteiger partial charge in [0.25, 0.3) is 10.0 Å². The van der Waals surface area contributed by atoms with Crippen LogP contribution in [0.1, 0.15) is 33.6 Å². The lowest BCUT2D eigenvalue weighted by Crippen LogP contribution is -2.26. The number of rotatable bonds is 8. The largest absolute Gasteiger partial charge is 0.383 e. The third-order valence-corrected chi connectivity index (χ3v) is 4.06. The summed E-state index contributed by atoms with van der Waals surface area (Å²) in [5.74, 6) is 0.580. The Morgan fingerprint density at radius 1 is 1.37 bits per heavy atom. The Kier molecular flexibility index (Phi) is 6.24. The molecule has 0 bridgehead atoms. The molecule has 0 atom stereocenters. The number of sulfonamides is 1. The lowest BCUT2D eigenvalue weighted by molar-refractivity contribution is 0.538. The SMILES string of the molecule is CCNc1cccnc1S(=O)(=O)NCCCC(C)C. The van der Waals surface area contributed by atoms with Crippen LogP contribution in [0.2, 0.25) is 0 Å². The number of pyridine rings is 1. The van der Waals surface area contributed by atoms with Crippen LogP contribution in [-0.2, 0) is 10.0 Å². The normalized spacial score (nSPS) is 11.8. The predicted octanol–water partition coefficient (Wildman–Crippen LogP) is 2.23. The summed E-state index contributed by atoms with van der Waals surface area (Å²) in [6.07, 6.45) is 3.33. The van der Waals surface area contributed by atoms with E-state index in [0.717, 1.165) is 12.8 Å². The van der Waals surface area contributed by atoms with E-state index in [1.54, 1.807) is 12.1 Å². The van der Waals surface area contributed by atoms with Crippen LogP contribution >= 0.6 is 0 Å². The van der Waals surface area contributed by atoms with Crippen molar-refractivity contribution in [1.82, 2.24) is 9.71 Å². The van der Waals surface area contributed by atoms with E-state index in [0.29, 0.717) is 24.7 Å². The zero-order valence-electron chi connectivity index (χ0n) is 11.8. The first kappa shape index (κ1) is 15.9. The highest BCUT2D eigenvalue weighted by atomic mass is 32.2. The number of aromatic nitrogens is 1. The van der Waals surface area contributed by atoms with E-state index in [1.165, 1.54) is 6.20 Å². The van der Waals surface area contributed by atoms with E-state index in [4.69, 9.17) is 0 Å². The predicted molar refractivity (Wildman–Crippen MR) is 77.7 cm³/mol. The summed E-state index contributed by atoms with van der Waals surface area (Å²) in [7, 11) is -3.53. The minimum Gasteiger partial charge on any atom is -0.383 e.